The number of carbonyl (C=O) groups excluding carboxylic acids is 1. The van der Waals surface area contributed by atoms with Crippen molar-refractivity contribution in [1.82, 2.24) is 5.06 Å². The molecule has 0 bridgehead atoms. The highest BCUT2D eigenvalue weighted by Crippen LogP contribution is 2.17. The summed E-state index contributed by atoms with van der Waals surface area (Å²) in [5.41, 5.74) is 0. The summed E-state index contributed by atoms with van der Waals surface area (Å²) in [6, 6.07) is 0. The number of ether oxygens (including phenoxy) is 1. The fourth-order valence-corrected chi connectivity index (χ4v) is 1.56. The lowest BCUT2D eigenvalue weighted by Gasteiger charge is -2.29. The minimum absolute atomic E-state index is 0.00588. The summed E-state index contributed by atoms with van der Waals surface area (Å²) < 4.78 is 4.95. The van der Waals surface area contributed by atoms with Gasteiger partial charge in [-0.3, -0.25) is 4.79 Å². The second-order valence-electron chi connectivity index (χ2n) is 3.16. The number of hydrogen-bond acceptors (Lipinski definition) is 4. The maximum Gasteiger partial charge on any atom is 0.310 e. The molecule has 0 aromatic heterocycles. The third kappa shape index (κ3) is 2.97. The van der Waals surface area contributed by atoms with Gasteiger partial charge in [-0.2, -0.15) is 5.06 Å². The fourth-order valence-electron chi connectivity index (χ4n) is 1.56. The Balaban J connectivity index is 2.37. The van der Waals surface area contributed by atoms with Crippen LogP contribution in [0.25, 0.3) is 0 Å². The second kappa shape index (κ2) is 5.19. The molecular formula is C9H17NO3. The van der Waals surface area contributed by atoms with Crippen LogP contribution in [0.1, 0.15) is 19.8 Å². The van der Waals surface area contributed by atoms with Crippen LogP contribution in [0.4, 0.5) is 0 Å². The predicted octanol–water partition coefficient (Wildman–Crippen LogP) is 0.823. The first-order valence-electron chi connectivity index (χ1n) is 4.73. The SMILES string of the molecule is CCOC(=O)C1CCCN(OC)C1. The van der Waals surface area contributed by atoms with Gasteiger partial charge in [0.15, 0.2) is 0 Å². The third-order valence-corrected chi connectivity index (χ3v) is 2.26. The van der Waals surface area contributed by atoms with Gasteiger partial charge in [0.05, 0.1) is 19.6 Å². The van der Waals surface area contributed by atoms with Gasteiger partial charge in [0, 0.05) is 13.1 Å². The monoisotopic (exact) mass is 187 g/mol. The largest absolute Gasteiger partial charge is 0.466 e. The minimum Gasteiger partial charge on any atom is -0.466 e. The van der Waals surface area contributed by atoms with E-state index in [4.69, 9.17) is 9.57 Å². The Labute approximate surface area is 78.8 Å². The Morgan fingerprint density at radius 3 is 3.00 bits per heavy atom. The molecule has 76 valence electrons. The van der Waals surface area contributed by atoms with Crippen molar-refractivity contribution >= 4 is 5.97 Å². The Hall–Kier alpha value is -0.610. The van der Waals surface area contributed by atoms with Crippen molar-refractivity contribution in [2.75, 3.05) is 26.8 Å². The summed E-state index contributed by atoms with van der Waals surface area (Å²) in [6.45, 7) is 3.86. The summed E-state index contributed by atoms with van der Waals surface area (Å²) in [5.74, 6) is -0.0992. The molecule has 0 saturated carbocycles. The molecule has 13 heavy (non-hydrogen) atoms. The summed E-state index contributed by atoms with van der Waals surface area (Å²) >= 11 is 0. The number of esters is 1. The van der Waals surface area contributed by atoms with Crippen LogP contribution >= 0.6 is 0 Å². The molecule has 1 fully saturated rings. The number of rotatable bonds is 3. The van der Waals surface area contributed by atoms with E-state index in [1.807, 2.05) is 12.0 Å². The van der Waals surface area contributed by atoms with Crippen LogP contribution in [-0.4, -0.2) is 37.8 Å². The summed E-state index contributed by atoms with van der Waals surface area (Å²) in [7, 11) is 1.63. The van der Waals surface area contributed by atoms with Gasteiger partial charge in [-0.1, -0.05) is 0 Å². The summed E-state index contributed by atoms with van der Waals surface area (Å²) in [5, 5.41) is 1.81. The normalized spacial score (nSPS) is 24.3. The van der Waals surface area contributed by atoms with Crippen LogP contribution in [-0.2, 0) is 14.4 Å². The number of carbonyl (C=O) groups is 1. The second-order valence-corrected chi connectivity index (χ2v) is 3.16. The zero-order valence-corrected chi connectivity index (χ0v) is 8.28. The molecule has 1 atom stereocenters. The van der Waals surface area contributed by atoms with Gasteiger partial charge in [-0.15, -0.1) is 0 Å². The van der Waals surface area contributed by atoms with Crippen LogP contribution in [0, 0.1) is 5.92 Å². The maximum absolute atomic E-state index is 11.4. The van der Waals surface area contributed by atoms with Crippen LogP contribution < -0.4 is 0 Å². The molecule has 1 saturated heterocycles. The Kier molecular flexibility index (Phi) is 4.18. The number of nitrogens with zero attached hydrogens (tertiary/aromatic N) is 1. The molecule has 1 unspecified atom stereocenters. The standard InChI is InChI=1S/C9H17NO3/c1-3-13-9(11)8-5-4-6-10(7-8)12-2/h8H,3-7H2,1-2H3. The topological polar surface area (TPSA) is 38.8 Å². The number of hydroxylamine groups is 2. The first-order valence-corrected chi connectivity index (χ1v) is 4.73. The lowest BCUT2D eigenvalue weighted by atomic mass is 10.00. The van der Waals surface area contributed by atoms with Gasteiger partial charge in [0.1, 0.15) is 0 Å². The van der Waals surface area contributed by atoms with Crippen molar-refractivity contribution in [3.8, 4) is 0 Å². The molecule has 0 radical (unpaired) electrons. The lowest BCUT2D eigenvalue weighted by molar-refractivity contribution is -0.172. The summed E-state index contributed by atoms with van der Waals surface area (Å²) in [6.07, 6.45) is 1.91. The van der Waals surface area contributed by atoms with Crippen LogP contribution in [0.5, 0.6) is 0 Å². The average molecular weight is 187 g/mol. The molecule has 0 N–H and O–H groups in total. The highest BCUT2D eigenvalue weighted by Gasteiger charge is 2.26. The molecule has 0 amide bonds. The van der Waals surface area contributed by atoms with Gasteiger partial charge in [-0.05, 0) is 19.8 Å². The smallest absolute Gasteiger partial charge is 0.310 e. The molecule has 0 aromatic rings. The van der Waals surface area contributed by atoms with Crippen molar-refractivity contribution < 1.29 is 14.4 Å². The van der Waals surface area contributed by atoms with E-state index in [9.17, 15) is 4.79 Å². The molecule has 0 aromatic carbocycles. The van der Waals surface area contributed by atoms with Crippen molar-refractivity contribution in [2.45, 2.75) is 19.8 Å². The van der Waals surface area contributed by atoms with E-state index in [-0.39, 0.29) is 11.9 Å². The molecule has 0 aliphatic carbocycles. The third-order valence-electron chi connectivity index (χ3n) is 2.26. The zero-order valence-electron chi connectivity index (χ0n) is 8.28. The number of piperidine rings is 1. The van der Waals surface area contributed by atoms with E-state index in [1.165, 1.54) is 0 Å². The number of hydrogen-bond donors (Lipinski definition) is 0. The van der Waals surface area contributed by atoms with Gasteiger partial charge >= 0.3 is 5.97 Å². The molecule has 1 aliphatic heterocycles. The molecule has 4 nitrogen and oxygen atoms in total. The maximum atomic E-state index is 11.4. The predicted molar refractivity (Wildman–Crippen MR) is 47.9 cm³/mol. The highest BCUT2D eigenvalue weighted by molar-refractivity contribution is 5.72. The van der Waals surface area contributed by atoms with E-state index in [0.717, 1.165) is 19.4 Å². The van der Waals surface area contributed by atoms with Crippen molar-refractivity contribution in [1.29, 1.82) is 0 Å². The molecule has 1 rings (SSSR count). The quantitative estimate of drug-likeness (QED) is 0.613. The van der Waals surface area contributed by atoms with Crippen molar-refractivity contribution in [3.05, 3.63) is 0 Å². The van der Waals surface area contributed by atoms with E-state index >= 15 is 0 Å². The molecule has 1 heterocycles. The van der Waals surface area contributed by atoms with Gasteiger partial charge < -0.3 is 9.57 Å². The zero-order chi connectivity index (χ0) is 9.68. The first-order chi connectivity index (χ1) is 6.27. The lowest BCUT2D eigenvalue weighted by Crippen LogP contribution is -2.38. The van der Waals surface area contributed by atoms with Gasteiger partial charge in [0.2, 0.25) is 0 Å². The Bertz CT molecular complexity index is 172. The Morgan fingerprint density at radius 2 is 2.38 bits per heavy atom. The van der Waals surface area contributed by atoms with Crippen molar-refractivity contribution in [2.24, 2.45) is 5.92 Å². The molecule has 1 aliphatic rings. The van der Waals surface area contributed by atoms with Crippen LogP contribution in [0.3, 0.4) is 0 Å². The van der Waals surface area contributed by atoms with Gasteiger partial charge in [0.25, 0.3) is 0 Å². The fraction of sp³-hybridized carbons (Fsp3) is 0.889. The molecule has 0 spiro atoms. The van der Waals surface area contributed by atoms with Crippen LogP contribution in [0.2, 0.25) is 0 Å². The van der Waals surface area contributed by atoms with Crippen molar-refractivity contribution in [3.63, 3.8) is 0 Å². The summed E-state index contributed by atoms with van der Waals surface area (Å²) in [4.78, 5) is 16.4. The molecule has 4 heteroatoms. The highest BCUT2D eigenvalue weighted by atomic mass is 16.7. The minimum atomic E-state index is -0.0933. The first kappa shape index (κ1) is 10.5. The average Bonchev–Trinajstić information content (AvgIpc) is 2.18. The van der Waals surface area contributed by atoms with E-state index in [0.29, 0.717) is 13.2 Å². The van der Waals surface area contributed by atoms with E-state index in [1.54, 1.807) is 7.11 Å². The van der Waals surface area contributed by atoms with Crippen LogP contribution in [0.15, 0.2) is 0 Å². The van der Waals surface area contributed by atoms with E-state index in [2.05, 4.69) is 0 Å². The molecular weight excluding hydrogens is 170 g/mol. The Morgan fingerprint density at radius 1 is 1.62 bits per heavy atom. The van der Waals surface area contributed by atoms with Gasteiger partial charge in [-0.25, -0.2) is 0 Å². The van der Waals surface area contributed by atoms with E-state index < -0.39 is 0 Å².